The lowest BCUT2D eigenvalue weighted by Crippen LogP contribution is -1.94. The van der Waals surface area contributed by atoms with E-state index in [-0.39, 0.29) is 0 Å². The Hall–Kier alpha value is -0.510. The number of thiazole rings is 1. The van der Waals surface area contributed by atoms with Crippen LogP contribution in [0.4, 0.5) is 5.13 Å². The molecule has 0 saturated heterocycles. The summed E-state index contributed by atoms with van der Waals surface area (Å²) in [6, 6.07) is 3.63. The van der Waals surface area contributed by atoms with E-state index in [0.717, 1.165) is 21.9 Å². The highest BCUT2D eigenvalue weighted by Gasteiger charge is 2.06. The summed E-state index contributed by atoms with van der Waals surface area (Å²) < 4.78 is 1.05. The maximum atomic E-state index is 5.90. The number of hydrogen-bond acceptors (Lipinski definition) is 3. The molecule has 5 heteroatoms. The van der Waals surface area contributed by atoms with Crippen LogP contribution >= 0.6 is 34.5 Å². The van der Waals surface area contributed by atoms with Crippen molar-refractivity contribution in [1.29, 1.82) is 0 Å². The fourth-order valence-electron chi connectivity index (χ4n) is 1.15. The van der Waals surface area contributed by atoms with Crippen molar-refractivity contribution in [3.63, 3.8) is 0 Å². The second-order valence-electron chi connectivity index (χ2n) is 2.78. The molecule has 1 aromatic heterocycles. The molecule has 0 aliphatic heterocycles. The Bertz CT molecular complexity index is 428. The summed E-state index contributed by atoms with van der Waals surface area (Å²) in [5.74, 6) is 0. The van der Waals surface area contributed by atoms with E-state index in [2.05, 4.69) is 10.3 Å². The fourth-order valence-corrected chi connectivity index (χ4v) is 2.49. The molecule has 0 radical (unpaired) electrons. The van der Waals surface area contributed by atoms with Crippen molar-refractivity contribution in [3.05, 3.63) is 22.2 Å². The van der Waals surface area contributed by atoms with E-state index in [4.69, 9.17) is 23.2 Å². The highest BCUT2D eigenvalue weighted by Crippen LogP contribution is 2.32. The van der Waals surface area contributed by atoms with Crippen LogP contribution in [0.1, 0.15) is 6.92 Å². The Balaban J connectivity index is 2.54. The summed E-state index contributed by atoms with van der Waals surface area (Å²) in [4.78, 5) is 4.37. The molecule has 2 rings (SSSR count). The molecular weight excluding hydrogens is 239 g/mol. The van der Waals surface area contributed by atoms with Crippen molar-refractivity contribution >= 4 is 49.9 Å². The molecule has 1 aromatic carbocycles. The number of hydrogen-bond donors (Lipinski definition) is 1. The Kier molecular flexibility index (Phi) is 2.81. The zero-order valence-corrected chi connectivity index (χ0v) is 9.80. The molecule has 0 aliphatic rings. The predicted molar refractivity (Wildman–Crippen MR) is 63.8 cm³/mol. The van der Waals surface area contributed by atoms with Crippen molar-refractivity contribution in [1.82, 2.24) is 4.98 Å². The molecule has 0 bridgehead atoms. The molecule has 0 saturated carbocycles. The smallest absolute Gasteiger partial charge is 0.183 e. The van der Waals surface area contributed by atoms with Gasteiger partial charge in [-0.05, 0) is 19.1 Å². The summed E-state index contributed by atoms with van der Waals surface area (Å²) in [6.07, 6.45) is 0. The number of aromatic nitrogens is 1. The monoisotopic (exact) mass is 246 g/mol. The van der Waals surface area contributed by atoms with Crippen molar-refractivity contribution < 1.29 is 0 Å². The molecular formula is C9H8Cl2N2S. The summed E-state index contributed by atoms with van der Waals surface area (Å²) >= 11 is 13.4. The van der Waals surface area contributed by atoms with Gasteiger partial charge in [-0.3, -0.25) is 0 Å². The maximum Gasteiger partial charge on any atom is 0.183 e. The predicted octanol–water partition coefficient (Wildman–Crippen LogP) is 4.03. The largest absolute Gasteiger partial charge is 0.362 e. The Morgan fingerprint density at radius 2 is 2.07 bits per heavy atom. The summed E-state index contributed by atoms with van der Waals surface area (Å²) in [7, 11) is 0. The fraction of sp³-hybridized carbons (Fsp3) is 0.222. The van der Waals surface area contributed by atoms with E-state index < -0.39 is 0 Å². The van der Waals surface area contributed by atoms with Gasteiger partial charge in [-0.25, -0.2) is 4.98 Å². The van der Waals surface area contributed by atoms with E-state index in [1.807, 2.05) is 13.0 Å². The van der Waals surface area contributed by atoms with Crippen LogP contribution in [0.2, 0.25) is 10.0 Å². The van der Waals surface area contributed by atoms with Crippen LogP contribution in [-0.4, -0.2) is 11.5 Å². The molecule has 0 spiro atoms. The number of fused-ring (bicyclic) bond motifs is 1. The van der Waals surface area contributed by atoms with Gasteiger partial charge in [-0.15, -0.1) is 0 Å². The normalized spacial score (nSPS) is 10.8. The number of nitrogens with one attached hydrogen (secondary N) is 1. The summed E-state index contributed by atoms with van der Waals surface area (Å²) in [5.41, 5.74) is 0.889. The van der Waals surface area contributed by atoms with Crippen molar-refractivity contribution in [3.8, 4) is 0 Å². The first kappa shape index (κ1) is 10.0. The molecule has 0 fully saturated rings. The molecule has 0 unspecified atom stereocenters. The summed E-state index contributed by atoms with van der Waals surface area (Å²) in [6.45, 7) is 2.90. The molecule has 0 amide bonds. The van der Waals surface area contributed by atoms with Gasteiger partial charge in [-0.2, -0.15) is 0 Å². The number of benzene rings is 1. The highest BCUT2D eigenvalue weighted by atomic mass is 35.5. The molecule has 1 heterocycles. The van der Waals surface area contributed by atoms with Gasteiger partial charge in [-0.1, -0.05) is 34.5 Å². The second-order valence-corrected chi connectivity index (χ2v) is 4.63. The van der Waals surface area contributed by atoms with Gasteiger partial charge < -0.3 is 5.32 Å². The minimum Gasteiger partial charge on any atom is -0.362 e. The van der Waals surface area contributed by atoms with Crippen LogP contribution in [0, 0.1) is 0 Å². The third-order valence-electron chi connectivity index (χ3n) is 1.76. The minimum atomic E-state index is 0.549. The van der Waals surface area contributed by atoms with Crippen LogP contribution in [-0.2, 0) is 0 Å². The first-order valence-electron chi connectivity index (χ1n) is 4.20. The number of rotatable bonds is 2. The minimum absolute atomic E-state index is 0.549. The maximum absolute atomic E-state index is 5.90. The van der Waals surface area contributed by atoms with Gasteiger partial charge in [0, 0.05) is 6.54 Å². The zero-order chi connectivity index (χ0) is 10.1. The van der Waals surface area contributed by atoms with Crippen LogP contribution in [0.25, 0.3) is 10.2 Å². The van der Waals surface area contributed by atoms with Gasteiger partial charge >= 0.3 is 0 Å². The quantitative estimate of drug-likeness (QED) is 0.866. The van der Waals surface area contributed by atoms with E-state index >= 15 is 0 Å². The lowest BCUT2D eigenvalue weighted by atomic mass is 10.3. The lowest BCUT2D eigenvalue weighted by molar-refractivity contribution is 1.20. The van der Waals surface area contributed by atoms with Crippen LogP contribution < -0.4 is 5.32 Å². The average molecular weight is 247 g/mol. The second kappa shape index (κ2) is 3.93. The van der Waals surface area contributed by atoms with Crippen LogP contribution in [0.3, 0.4) is 0 Å². The highest BCUT2D eigenvalue weighted by molar-refractivity contribution is 7.22. The van der Waals surface area contributed by atoms with Gasteiger partial charge in [0.05, 0.1) is 20.3 Å². The third-order valence-corrected chi connectivity index (χ3v) is 3.46. The Morgan fingerprint density at radius 1 is 1.36 bits per heavy atom. The standard InChI is InChI=1S/C9H8Cl2N2S/c1-2-12-9-13-7-3-5(10)6(11)4-8(7)14-9/h3-4H,2H2,1H3,(H,12,13). The van der Waals surface area contributed by atoms with Gasteiger partial charge in [0.2, 0.25) is 0 Å². The van der Waals surface area contributed by atoms with Gasteiger partial charge in [0.15, 0.2) is 5.13 Å². The number of anilines is 1. The van der Waals surface area contributed by atoms with E-state index in [1.54, 1.807) is 17.4 Å². The SMILES string of the molecule is CCNc1nc2cc(Cl)c(Cl)cc2s1. The van der Waals surface area contributed by atoms with E-state index in [1.165, 1.54) is 0 Å². The van der Waals surface area contributed by atoms with E-state index in [0.29, 0.717) is 10.0 Å². The molecule has 0 atom stereocenters. The molecule has 2 nitrogen and oxygen atoms in total. The first-order chi connectivity index (χ1) is 6.70. The van der Waals surface area contributed by atoms with Crippen LogP contribution in [0.15, 0.2) is 12.1 Å². The molecule has 2 aromatic rings. The molecule has 0 aliphatic carbocycles. The summed E-state index contributed by atoms with van der Waals surface area (Å²) in [5, 5.41) is 5.18. The van der Waals surface area contributed by atoms with Crippen molar-refractivity contribution in [2.75, 3.05) is 11.9 Å². The number of nitrogens with zero attached hydrogens (tertiary/aromatic N) is 1. The zero-order valence-electron chi connectivity index (χ0n) is 7.47. The Labute approximate surface area is 95.9 Å². The van der Waals surface area contributed by atoms with Gasteiger partial charge in [0.25, 0.3) is 0 Å². The molecule has 74 valence electrons. The first-order valence-corrected chi connectivity index (χ1v) is 5.77. The molecule has 1 N–H and O–H groups in total. The topological polar surface area (TPSA) is 24.9 Å². The Morgan fingerprint density at radius 3 is 2.79 bits per heavy atom. The average Bonchev–Trinajstić information content (AvgIpc) is 2.48. The van der Waals surface area contributed by atoms with Gasteiger partial charge in [0.1, 0.15) is 0 Å². The van der Waals surface area contributed by atoms with Crippen molar-refractivity contribution in [2.45, 2.75) is 6.92 Å². The molecule has 14 heavy (non-hydrogen) atoms. The third kappa shape index (κ3) is 1.80. The van der Waals surface area contributed by atoms with E-state index in [9.17, 15) is 0 Å². The van der Waals surface area contributed by atoms with Crippen LogP contribution in [0.5, 0.6) is 0 Å². The number of halogens is 2. The van der Waals surface area contributed by atoms with Crippen molar-refractivity contribution in [2.24, 2.45) is 0 Å². The lowest BCUT2D eigenvalue weighted by Gasteiger charge is -1.92.